The zero-order valence-corrected chi connectivity index (χ0v) is 24.9. The smallest absolute Gasteiger partial charge is 0.248 e. The van der Waals surface area contributed by atoms with Crippen molar-refractivity contribution in [2.75, 3.05) is 11.9 Å². The number of thioether (sulfide) groups is 1. The van der Waals surface area contributed by atoms with Crippen LogP contribution < -0.4 is 10.6 Å². The third kappa shape index (κ3) is 4.89. The predicted molar refractivity (Wildman–Crippen MR) is 165 cm³/mol. The van der Waals surface area contributed by atoms with E-state index in [1.807, 2.05) is 67.6 Å². The third-order valence-corrected chi connectivity index (χ3v) is 11.4. The number of carbonyl (C=O) groups excluding carboxylic acids is 3. The van der Waals surface area contributed by atoms with Gasteiger partial charge in [-0.3, -0.25) is 14.4 Å². The molecular formula is C33H34ClN3O4S. The summed E-state index contributed by atoms with van der Waals surface area (Å²) >= 11 is 8.01. The van der Waals surface area contributed by atoms with Gasteiger partial charge in [0.25, 0.3) is 0 Å². The Hall–Kier alpha value is -3.33. The molecule has 218 valence electrons. The lowest BCUT2D eigenvalue weighted by molar-refractivity contribution is -0.142. The van der Waals surface area contributed by atoms with Crippen molar-refractivity contribution in [1.82, 2.24) is 10.2 Å². The first kappa shape index (κ1) is 28.8. The third-order valence-electron chi connectivity index (χ3n) is 9.10. The molecule has 3 fully saturated rings. The van der Waals surface area contributed by atoms with Crippen LogP contribution in [-0.2, 0) is 27.3 Å². The average molecular weight is 604 g/mol. The average Bonchev–Trinajstić information content (AvgIpc) is 3.57. The van der Waals surface area contributed by atoms with Gasteiger partial charge in [-0.2, -0.15) is 0 Å². The van der Waals surface area contributed by atoms with E-state index < -0.39 is 33.4 Å². The van der Waals surface area contributed by atoms with Gasteiger partial charge in [0.05, 0.1) is 39.9 Å². The molecule has 3 aliphatic heterocycles. The minimum absolute atomic E-state index is 0.176. The van der Waals surface area contributed by atoms with Crippen LogP contribution in [0.2, 0.25) is 5.02 Å². The number of aliphatic hydroxyl groups excluding tert-OH is 1. The summed E-state index contributed by atoms with van der Waals surface area (Å²) in [5.74, 6) is -2.08. The molecule has 1 spiro atoms. The van der Waals surface area contributed by atoms with E-state index in [0.29, 0.717) is 36.5 Å². The van der Waals surface area contributed by atoms with Gasteiger partial charge in [-0.25, -0.2) is 0 Å². The molecule has 42 heavy (non-hydrogen) atoms. The summed E-state index contributed by atoms with van der Waals surface area (Å²) in [5, 5.41) is 17.1. The van der Waals surface area contributed by atoms with Crippen molar-refractivity contribution in [3.8, 4) is 0 Å². The molecule has 0 aliphatic carbocycles. The van der Waals surface area contributed by atoms with Crippen LogP contribution in [0.4, 0.5) is 5.69 Å². The Morgan fingerprint density at radius 3 is 2.29 bits per heavy atom. The number of hydrogen-bond acceptors (Lipinski definition) is 5. The highest BCUT2D eigenvalue weighted by atomic mass is 35.5. The van der Waals surface area contributed by atoms with Crippen LogP contribution in [0.5, 0.6) is 0 Å². The summed E-state index contributed by atoms with van der Waals surface area (Å²) in [6.45, 7) is 2.09. The van der Waals surface area contributed by atoms with Crippen molar-refractivity contribution >= 4 is 46.8 Å². The highest BCUT2D eigenvalue weighted by Gasteiger charge is 2.77. The molecule has 3 aromatic rings. The fourth-order valence-corrected chi connectivity index (χ4v) is 9.78. The SMILES string of the molecule is C[C@]12CCC3(S1)C(C(=O)Nc1ccccc1Cl)N([C@@H](CO)Cc1ccccc1)C(=O)[C@@H]3[C@H]2C(=O)NCc1ccccc1. The van der Waals surface area contributed by atoms with Crippen LogP contribution in [0.25, 0.3) is 0 Å². The second kappa shape index (κ2) is 11.4. The second-order valence-electron chi connectivity index (χ2n) is 11.7. The molecule has 0 aromatic heterocycles. The molecule has 7 nitrogen and oxygen atoms in total. The van der Waals surface area contributed by atoms with Gasteiger partial charge in [0, 0.05) is 11.3 Å². The van der Waals surface area contributed by atoms with E-state index >= 15 is 0 Å². The molecule has 0 saturated carbocycles. The van der Waals surface area contributed by atoms with Crippen LogP contribution in [0.15, 0.2) is 84.9 Å². The number of fused-ring (bicyclic) bond motifs is 1. The number of nitrogens with zero attached hydrogens (tertiary/aromatic N) is 1. The van der Waals surface area contributed by atoms with Crippen molar-refractivity contribution in [2.45, 2.75) is 54.3 Å². The maximum absolute atomic E-state index is 14.5. The Kier molecular flexibility index (Phi) is 7.81. The molecule has 3 amide bonds. The maximum atomic E-state index is 14.5. The quantitative estimate of drug-likeness (QED) is 0.330. The fourth-order valence-electron chi connectivity index (χ4n) is 7.25. The molecule has 3 aromatic carbocycles. The Morgan fingerprint density at radius 1 is 0.976 bits per heavy atom. The fraction of sp³-hybridized carbons (Fsp3) is 0.364. The van der Waals surface area contributed by atoms with Gasteiger partial charge in [-0.15, -0.1) is 11.8 Å². The molecule has 3 saturated heterocycles. The van der Waals surface area contributed by atoms with Gasteiger partial charge >= 0.3 is 0 Å². The normalized spacial score (nSPS) is 28.4. The van der Waals surface area contributed by atoms with E-state index in [1.165, 1.54) is 0 Å². The standard InChI is InChI=1S/C33H34ClN3O4S/c1-32-16-17-33(42-32)27(26(32)29(39)35-19-22-12-6-3-7-13-22)31(41)37(23(20-38)18-21-10-4-2-5-11-21)28(33)30(40)36-25-15-9-8-14-24(25)34/h2-15,23,26-28,38H,16-20H2,1H3,(H,35,39)(H,36,40)/t23-,26+,27+,28?,32-,33?/m1/s1. The van der Waals surface area contributed by atoms with Crippen molar-refractivity contribution < 1.29 is 19.5 Å². The highest BCUT2D eigenvalue weighted by Crippen LogP contribution is 2.71. The molecule has 3 heterocycles. The maximum Gasteiger partial charge on any atom is 0.248 e. The number of amides is 3. The molecule has 9 heteroatoms. The van der Waals surface area contributed by atoms with E-state index in [4.69, 9.17) is 11.6 Å². The van der Waals surface area contributed by atoms with Gasteiger partial charge in [0.15, 0.2) is 0 Å². The van der Waals surface area contributed by atoms with Gasteiger partial charge < -0.3 is 20.6 Å². The first-order valence-electron chi connectivity index (χ1n) is 14.3. The topological polar surface area (TPSA) is 98.7 Å². The minimum Gasteiger partial charge on any atom is -0.394 e. The number of aliphatic hydroxyl groups is 1. The Bertz CT molecular complexity index is 1490. The molecule has 0 radical (unpaired) electrons. The molecule has 2 unspecified atom stereocenters. The first-order chi connectivity index (χ1) is 20.3. The molecule has 6 rings (SSSR count). The number of likely N-dealkylation sites (tertiary alicyclic amines) is 1. The Balaban J connectivity index is 1.37. The van der Waals surface area contributed by atoms with Crippen LogP contribution in [-0.4, -0.2) is 55.9 Å². The zero-order chi connectivity index (χ0) is 29.5. The predicted octanol–water partition coefficient (Wildman–Crippen LogP) is 4.68. The summed E-state index contributed by atoms with van der Waals surface area (Å²) in [5.41, 5.74) is 2.38. The van der Waals surface area contributed by atoms with E-state index in [9.17, 15) is 19.5 Å². The highest BCUT2D eigenvalue weighted by molar-refractivity contribution is 8.02. The second-order valence-corrected chi connectivity index (χ2v) is 14.0. The number of anilines is 1. The number of hydrogen-bond donors (Lipinski definition) is 3. The lowest BCUT2D eigenvalue weighted by Gasteiger charge is -2.37. The summed E-state index contributed by atoms with van der Waals surface area (Å²) in [7, 11) is 0. The summed E-state index contributed by atoms with van der Waals surface area (Å²) in [4.78, 5) is 44.3. The molecule has 2 bridgehead atoms. The minimum atomic E-state index is -0.883. The number of benzene rings is 3. The zero-order valence-electron chi connectivity index (χ0n) is 23.3. The lowest BCUT2D eigenvalue weighted by Crippen LogP contribution is -2.55. The summed E-state index contributed by atoms with van der Waals surface area (Å²) in [6, 6.07) is 24.8. The first-order valence-corrected chi connectivity index (χ1v) is 15.5. The molecule has 3 N–H and O–H groups in total. The molecule has 6 atom stereocenters. The van der Waals surface area contributed by atoms with Crippen LogP contribution in [0, 0.1) is 11.8 Å². The number of carbonyl (C=O) groups is 3. The summed E-state index contributed by atoms with van der Waals surface area (Å²) < 4.78 is -1.31. The largest absolute Gasteiger partial charge is 0.394 e. The molecular weight excluding hydrogens is 570 g/mol. The van der Waals surface area contributed by atoms with Gasteiger partial charge in [-0.05, 0) is 49.4 Å². The number of para-hydroxylation sites is 1. The Morgan fingerprint density at radius 2 is 1.62 bits per heavy atom. The van der Waals surface area contributed by atoms with Crippen molar-refractivity contribution in [1.29, 1.82) is 0 Å². The van der Waals surface area contributed by atoms with Crippen LogP contribution >= 0.6 is 23.4 Å². The van der Waals surface area contributed by atoms with E-state index in [-0.39, 0.29) is 24.3 Å². The number of rotatable bonds is 9. The molecule has 3 aliphatic rings. The lowest BCUT2D eigenvalue weighted by atomic mass is 9.66. The monoisotopic (exact) mass is 603 g/mol. The number of halogens is 1. The van der Waals surface area contributed by atoms with Gasteiger partial charge in [0.1, 0.15) is 6.04 Å². The van der Waals surface area contributed by atoms with Gasteiger partial charge in [0.2, 0.25) is 17.7 Å². The Labute approximate surface area is 255 Å². The number of nitrogens with one attached hydrogen (secondary N) is 2. The van der Waals surface area contributed by atoms with Gasteiger partial charge in [-0.1, -0.05) is 84.4 Å². The van der Waals surface area contributed by atoms with Crippen LogP contribution in [0.1, 0.15) is 30.9 Å². The van der Waals surface area contributed by atoms with Crippen molar-refractivity contribution in [3.63, 3.8) is 0 Å². The van der Waals surface area contributed by atoms with Crippen molar-refractivity contribution in [3.05, 3.63) is 101 Å². The van der Waals surface area contributed by atoms with E-state index in [0.717, 1.165) is 11.1 Å². The van der Waals surface area contributed by atoms with E-state index in [2.05, 4.69) is 10.6 Å². The van der Waals surface area contributed by atoms with Crippen molar-refractivity contribution in [2.24, 2.45) is 11.8 Å². The van der Waals surface area contributed by atoms with E-state index in [1.54, 1.807) is 40.9 Å². The van der Waals surface area contributed by atoms with Crippen LogP contribution in [0.3, 0.4) is 0 Å². The summed E-state index contributed by atoms with van der Waals surface area (Å²) in [6.07, 6.45) is 1.71.